The second kappa shape index (κ2) is 7.89. The Morgan fingerprint density at radius 3 is 2.32 bits per heavy atom. The minimum absolute atomic E-state index is 0.0829. The lowest BCUT2D eigenvalue weighted by Crippen LogP contribution is -2.48. The van der Waals surface area contributed by atoms with Crippen LogP contribution in [0.2, 0.25) is 0 Å². The number of hydrogen-bond acceptors (Lipinski definition) is 4. The number of carbonyl (C=O) groups is 1. The van der Waals surface area contributed by atoms with E-state index in [-0.39, 0.29) is 5.91 Å². The Bertz CT molecular complexity index is 940. The van der Waals surface area contributed by atoms with E-state index in [9.17, 15) is 4.79 Å². The molecule has 4 rings (SSSR count). The summed E-state index contributed by atoms with van der Waals surface area (Å²) in [5, 5.41) is 0. The summed E-state index contributed by atoms with van der Waals surface area (Å²) < 4.78 is 5.71. The summed E-state index contributed by atoms with van der Waals surface area (Å²) >= 11 is 0. The molecule has 0 atom stereocenters. The maximum atomic E-state index is 13.1. The molecule has 2 heterocycles. The minimum Gasteiger partial charge on any atom is -0.435 e. The van der Waals surface area contributed by atoms with Crippen molar-refractivity contribution in [3.63, 3.8) is 0 Å². The van der Waals surface area contributed by atoms with E-state index in [1.807, 2.05) is 35.2 Å². The second-order valence-electron chi connectivity index (χ2n) is 7.08. The molecule has 3 aromatic rings. The molecular formula is C23H25N3O2. The van der Waals surface area contributed by atoms with Crippen molar-refractivity contribution >= 4 is 11.6 Å². The first-order chi connectivity index (χ1) is 13.7. The van der Waals surface area contributed by atoms with Gasteiger partial charge in [-0.1, -0.05) is 49.4 Å². The SMILES string of the molecule is CCc1ccc(N2CCN(C(=O)c3oc(C)nc3-c3ccccc3)CC2)cc1. The maximum Gasteiger partial charge on any atom is 0.292 e. The van der Waals surface area contributed by atoms with E-state index in [4.69, 9.17) is 4.42 Å². The third kappa shape index (κ3) is 3.65. The predicted octanol–water partition coefficient (Wildman–Crippen LogP) is 4.17. The summed E-state index contributed by atoms with van der Waals surface area (Å²) in [5.41, 5.74) is 4.08. The molecule has 0 unspecified atom stereocenters. The van der Waals surface area contributed by atoms with Crippen molar-refractivity contribution in [2.45, 2.75) is 20.3 Å². The van der Waals surface area contributed by atoms with E-state index in [0.717, 1.165) is 25.1 Å². The van der Waals surface area contributed by atoms with Crippen molar-refractivity contribution in [2.75, 3.05) is 31.1 Å². The normalized spacial score (nSPS) is 14.4. The van der Waals surface area contributed by atoms with Crippen molar-refractivity contribution < 1.29 is 9.21 Å². The highest BCUT2D eigenvalue weighted by atomic mass is 16.4. The number of nitrogens with zero attached hydrogens (tertiary/aromatic N) is 3. The molecule has 0 aliphatic carbocycles. The molecule has 1 aliphatic heterocycles. The Kier molecular flexibility index (Phi) is 5.15. The van der Waals surface area contributed by atoms with Crippen molar-refractivity contribution in [3.05, 3.63) is 71.8 Å². The van der Waals surface area contributed by atoms with Crippen molar-refractivity contribution in [3.8, 4) is 11.3 Å². The lowest BCUT2D eigenvalue weighted by atomic mass is 10.1. The Balaban J connectivity index is 1.47. The second-order valence-corrected chi connectivity index (χ2v) is 7.08. The van der Waals surface area contributed by atoms with E-state index >= 15 is 0 Å². The molecular weight excluding hydrogens is 350 g/mol. The van der Waals surface area contributed by atoms with Crippen LogP contribution in [0.5, 0.6) is 0 Å². The number of anilines is 1. The van der Waals surface area contributed by atoms with E-state index in [2.05, 4.69) is 41.1 Å². The van der Waals surface area contributed by atoms with Gasteiger partial charge in [0.1, 0.15) is 5.69 Å². The van der Waals surface area contributed by atoms with Gasteiger partial charge in [0, 0.05) is 44.4 Å². The largest absolute Gasteiger partial charge is 0.435 e. The minimum atomic E-state index is -0.0829. The summed E-state index contributed by atoms with van der Waals surface area (Å²) in [4.78, 5) is 21.7. The summed E-state index contributed by atoms with van der Waals surface area (Å²) in [5.74, 6) is 0.765. The van der Waals surface area contributed by atoms with Gasteiger partial charge in [0.05, 0.1) is 0 Å². The van der Waals surface area contributed by atoms with Crippen LogP contribution in [-0.2, 0) is 6.42 Å². The van der Waals surface area contributed by atoms with Crippen LogP contribution in [-0.4, -0.2) is 42.0 Å². The van der Waals surface area contributed by atoms with Gasteiger partial charge < -0.3 is 14.2 Å². The van der Waals surface area contributed by atoms with Crippen LogP contribution in [0.4, 0.5) is 5.69 Å². The standard InChI is InChI=1S/C23H25N3O2/c1-3-18-9-11-20(12-10-18)25-13-15-26(16-14-25)23(27)22-21(24-17(2)28-22)19-7-5-4-6-8-19/h4-12H,3,13-16H2,1-2H3. The number of hydrogen-bond donors (Lipinski definition) is 0. The average Bonchev–Trinajstić information content (AvgIpc) is 3.16. The van der Waals surface area contributed by atoms with Gasteiger partial charge in [-0.05, 0) is 24.1 Å². The monoisotopic (exact) mass is 375 g/mol. The van der Waals surface area contributed by atoms with Crippen LogP contribution in [0.1, 0.15) is 28.9 Å². The van der Waals surface area contributed by atoms with Crippen molar-refractivity contribution in [1.29, 1.82) is 0 Å². The molecule has 0 N–H and O–H groups in total. The summed E-state index contributed by atoms with van der Waals surface area (Å²) in [6, 6.07) is 18.4. The van der Waals surface area contributed by atoms with Gasteiger partial charge in [-0.25, -0.2) is 4.98 Å². The predicted molar refractivity (Wildman–Crippen MR) is 111 cm³/mol. The molecule has 2 aromatic carbocycles. The Hall–Kier alpha value is -3.08. The summed E-state index contributed by atoms with van der Waals surface area (Å²) in [7, 11) is 0. The molecule has 0 bridgehead atoms. The molecule has 5 nitrogen and oxygen atoms in total. The number of carbonyl (C=O) groups excluding carboxylic acids is 1. The third-order valence-electron chi connectivity index (χ3n) is 5.25. The van der Waals surface area contributed by atoms with Crippen LogP contribution in [0.15, 0.2) is 59.0 Å². The number of rotatable bonds is 4. The number of benzene rings is 2. The number of piperazine rings is 1. The van der Waals surface area contributed by atoms with Gasteiger partial charge in [0.25, 0.3) is 5.91 Å². The van der Waals surface area contributed by atoms with Crippen LogP contribution < -0.4 is 4.90 Å². The molecule has 1 aliphatic rings. The zero-order valence-electron chi connectivity index (χ0n) is 16.4. The van der Waals surface area contributed by atoms with Gasteiger partial charge in [0.2, 0.25) is 5.76 Å². The van der Waals surface area contributed by atoms with Crippen LogP contribution in [0, 0.1) is 6.92 Å². The highest BCUT2D eigenvalue weighted by Gasteiger charge is 2.28. The van der Waals surface area contributed by atoms with Crippen LogP contribution in [0.3, 0.4) is 0 Å². The lowest BCUT2D eigenvalue weighted by Gasteiger charge is -2.35. The van der Waals surface area contributed by atoms with Crippen molar-refractivity contribution in [2.24, 2.45) is 0 Å². The van der Waals surface area contributed by atoms with E-state index in [1.54, 1.807) is 6.92 Å². The molecule has 28 heavy (non-hydrogen) atoms. The average molecular weight is 375 g/mol. The fourth-order valence-corrected chi connectivity index (χ4v) is 3.62. The highest BCUT2D eigenvalue weighted by Crippen LogP contribution is 2.26. The first-order valence-corrected chi connectivity index (χ1v) is 9.81. The highest BCUT2D eigenvalue weighted by molar-refractivity contribution is 5.97. The molecule has 5 heteroatoms. The number of amides is 1. The number of oxazole rings is 1. The van der Waals surface area contributed by atoms with Crippen molar-refractivity contribution in [1.82, 2.24) is 9.88 Å². The van der Waals surface area contributed by atoms with E-state index in [0.29, 0.717) is 30.4 Å². The molecule has 0 spiro atoms. The van der Waals surface area contributed by atoms with Gasteiger partial charge in [-0.15, -0.1) is 0 Å². The molecule has 0 saturated carbocycles. The summed E-state index contributed by atoms with van der Waals surface area (Å²) in [6.07, 6.45) is 1.04. The topological polar surface area (TPSA) is 49.6 Å². The molecule has 1 saturated heterocycles. The molecule has 144 valence electrons. The van der Waals surface area contributed by atoms with Gasteiger partial charge >= 0.3 is 0 Å². The van der Waals surface area contributed by atoms with E-state index < -0.39 is 0 Å². The molecule has 1 aromatic heterocycles. The first-order valence-electron chi connectivity index (χ1n) is 9.81. The third-order valence-corrected chi connectivity index (χ3v) is 5.25. The number of aromatic nitrogens is 1. The Morgan fingerprint density at radius 1 is 1.00 bits per heavy atom. The molecule has 1 amide bonds. The molecule has 1 fully saturated rings. The lowest BCUT2D eigenvalue weighted by molar-refractivity contribution is 0.0714. The fraction of sp³-hybridized carbons (Fsp3) is 0.304. The van der Waals surface area contributed by atoms with Gasteiger partial charge in [-0.3, -0.25) is 4.79 Å². The Labute approximate surface area is 165 Å². The number of aryl methyl sites for hydroxylation is 2. The summed E-state index contributed by atoms with van der Waals surface area (Å²) in [6.45, 7) is 6.90. The Morgan fingerprint density at radius 2 is 1.68 bits per heavy atom. The maximum absolute atomic E-state index is 13.1. The zero-order valence-corrected chi connectivity index (χ0v) is 16.4. The van der Waals surface area contributed by atoms with Gasteiger partial charge in [0.15, 0.2) is 5.89 Å². The molecule has 0 radical (unpaired) electrons. The quantitative estimate of drug-likeness (QED) is 0.687. The zero-order chi connectivity index (χ0) is 19.5. The fourth-order valence-electron chi connectivity index (χ4n) is 3.62. The van der Waals surface area contributed by atoms with E-state index in [1.165, 1.54) is 11.3 Å². The smallest absolute Gasteiger partial charge is 0.292 e. The first kappa shape index (κ1) is 18.3. The van der Waals surface area contributed by atoms with Crippen LogP contribution >= 0.6 is 0 Å². The van der Waals surface area contributed by atoms with Gasteiger partial charge in [-0.2, -0.15) is 0 Å². The van der Waals surface area contributed by atoms with Crippen LogP contribution in [0.25, 0.3) is 11.3 Å².